The highest BCUT2D eigenvalue weighted by Gasteiger charge is 2.14. The largest absolute Gasteiger partial charge is 0.466 e. The first-order valence-electron chi connectivity index (χ1n) is 11.1. The second-order valence-corrected chi connectivity index (χ2v) is 12.7. The Labute approximate surface area is 187 Å². The smallest absolute Gasteiger partial charge is 0.305 e. The summed E-state index contributed by atoms with van der Waals surface area (Å²) in [6.45, 7) is 13.8. The summed E-state index contributed by atoms with van der Waals surface area (Å²) in [7, 11) is 3.97. The predicted molar refractivity (Wildman–Crippen MR) is 132 cm³/mol. The summed E-state index contributed by atoms with van der Waals surface area (Å²) in [5, 5.41) is 0. The molecule has 0 aliphatic rings. The Balaban J connectivity index is 1.93. The minimum absolute atomic E-state index is 0.0417. The summed E-state index contributed by atoms with van der Waals surface area (Å²) in [4.78, 5) is 11.7. The van der Waals surface area contributed by atoms with Crippen molar-refractivity contribution in [3.8, 4) is 0 Å². The zero-order valence-corrected chi connectivity index (χ0v) is 21.1. The molecule has 0 fully saturated rings. The van der Waals surface area contributed by atoms with Crippen molar-refractivity contribution in [2.24, 2.45) is 5.41 Å². The SMILES string of the molecule is CC(C)(C)CCC(=O)OCCCCCCSSCCc1ccc(C(C)(C)C)cc1. The van der Waals surface area contributed by atoms with Gasteiger partial charge in [-0.3, -0.25) is 4.79 Å². The molecule has 0 saturated carbocycles. The monoisotopic (exact) mass is 438 g/mol. The molecule has 166 valence electrons. The number of benzene rings is 1. The van der Waals surface area contributed by atoms with Crippen LogP contribution in [0.4, 0.5) is 0 Å². The van der Waals surface area contributed by atoms with Gasteiger partial charge in [-0.25, -0.2) is 0 Å². The number of carbonyl (C=O) groups excluding carboxylic acids is 1. The Morgan fingerprint density at radius 3 is 2.10 bits per heavy atom. The molecule has 4 heteroatoms. The van der Waals surface area contributed by atoms with E-state index in [4.69, 9.17) is 4.74 Å². The number of hydrogen-bond acceptors (Lipinski definition) is 4. The average Bonchev–Trinajstić information content (AvgIpc) is 2.63. The van der Waals surface area contributed by atoms with Gasteiger partial charge in [0.05, 0.1) is 6.61 Å². The highest BCUT2D eigenvalue weighted by Crippen LogP contribution is 2.26. The quantitative estimate of drug-likeness (QED) is 0.178. The van der Waals surface area contributed by atoms with E-state index in [-0.39, 0.29) is 16.8 Å². The van der Waals surface area contributed by atoms with Crippen molar-refractivity contribution in [2.75, 3.05) is 18.1 Å². The van der Waals surface area contributed by atoms with Crippen LogP contribution in [0.15, 0.2) is 24.3 Å². The lowest BCUT2D eigenvalue weighted by Crippen LogP contribution is -2.11. The third-order valence-corrected chi connectivity index (χ3v) is 7.33. The highest BCUT2D eigenvalue weighted by atomic mass is 33.1. The van der Waals surface area contributed by atoms with E-state index in [1.807, 2.05) is 21.6 Å². The van der Waals surface area contributed by atoms with Crippen molar-refractivity contribution in [1.82, 2.24) is 0 Å². The summed E-state index contributed by atoms with van der Waals surface area (Å²) in [5.41, 5.74) is 3.27. The van der Waals surface area contributed by atoms with Crippen molar-refractivity contribution in [1.29, 1.82) is 0 Å². The number of aryl methyl sites for hydroxylation is 1. The maximum absolute atomic E-state index is 11.7. The number of esters is 1. The Morgan fingerprint density at radius 2 is 1.48 bits per heavy atom. The number of carbonyl (C=O) groups is 1. The molecule has 1 aromatic carbocycles. The molecule has 0 aliphatic heterocycles. The minimum atomic E-state index is -0.0417. The normalized spacial score (nSPS) is 12.2. The van der Waals surface area contributed by atoms with Crippen LogP contribution in [0.3, 0.4) is 0 Å². The molecule has 0 amide bonds. The molecule has 0 bridgehead atoms. The number of hydrogen-bond donors (Lipinski definition) is 0. The van der Waals surface area contributed by atoms with Crippen LogP contribution in [0.1, 0.15) is 91.2 Å². The van der Waals surface area contributed by atoms with Crippen LogP contribution in [0.5, 0.6) is 0 Å². The summed E-state index contributed by atoms with van der Waals surface area (Å²) >= 11 is 0. The van der Waals surface area contributed by atoms with Crippen molar-refractivity contribution >= 4 is 27.6 Å². The highest BCUT2D eigenvalue weighted by molar-refractivity contribution is 8.76. The zero-order valence-electron chi connectivity index (χ0n) is 19.5. The lowest BCUT2D eigenvalue weighted by atomic mass is 9.86. The number of unbranched alkanes of at least 4 members (excludes halogenated alkanes) is 3. The summed E-state index contributed by atoms with van der Waals surface area (Å²) in [6, 6.07) is 9.10. The Hall–Kier alpha value is -0.610. The van der Waals surface area contributed by atoms with E-state index >= 15 is 0 Å². The van der Waals surface area contributed by atoms with Crippen LogP contribution < -0.4 is 0 Å². The second-order valence-electron chi connectivity index (χ2n) is 10.0. The molecule has 0 spiro atoms. The molecule has 0 saturated heterocycles. The van der Waals surface area contributed by atoms with Crippen molar-refractivity contribution in [3.63, 3.8) is 0 Å². The molecular formula is C25H42O2S2. The third-order valence-electron chi connectivity index (χ3n) is 4.84. The topological polar surface area (TPSA) is 26.3 Å². The van der Waals surface area contributed by atoms with Crippen LogP contribution in [-0.2, 0) is 21.4 Å². The van der Waals surface area contributed by atoms with Gasteiger partial charge >= 0.3 is 5.97 Å². The number of ether oxygens (including phenoxy) is 1. The van der Waals surface area contributed by atoms with E-state index in [1.165, 1.54) is 35.5 Å². The van der Waals surface area contributed by atoms with Crippen molar-refractivity contribution < 1.29 is 9.53 Å². The predicted octanol–water partition coefficient (Wildman–Crippen LogP) is 7.84. The van der Waals surface area contributed by atoms with Gasteiger partial charge in [0.2, 0.25) is 0 Å². The molecule has 2 nitrogen and oxygen atoms in total. The first-order valence-corrected chi connectivity index (χ1v) is 13.6. The molecule has 1 aromatic rings. The summed E-state index contributed by atoms with van der Waals surface area (Å²) < 4.78 is 5.32. The van der Waals surface area contributed by atoms with Crippen molar-refractivity contribution in [3.05, 3.63) is 35.4 Å². The fourth-order valence-corrected chi connectivity index (χ4v) is 4.99. The standard InChI is InChI=1S/C25H42O2S2/c1-24(2,3)17-15-23(26)27-18-9-7-8-10-19-28-29-20-16-21-11-13-22(14-12-21)25(4,5)6/h11-14H,7-10,15-20H2,1-6H3. The van der Waals surface area contributed by atoms with E-state index in [0.717, 1.165) is 25.7 Å². The lowest BCUT2D eigenvalue weighted by Gasteiger charge is -2.19. The molecule has 1 rings (SSSR count). The second kappa shape index (κ2) is 13.6. The van der Waals surface area contributed by atoms with Crippen LogP contribution in [0.25, 0.3) is 0 Å². The maximum Gasteiger partial charge on any atom is 0.305 e. The van der Waals surface area contributed by atoms with E-state index in [0.29, 0.717) is 13.0 Å². The van der Waals surface area contributed by atoms with E-state index < -0.39 is 0 Å². The maximum atomic E-state index is 11.7. The fraction of sp³-hybridized carbons (Fsp3) is 0.720. The van der Waals surface area contributed by atoms with E-state index in [1.54, 1.807) is 0 Å². The first-order chi connectivity index (χ1) is 13.6. The third kappa shape index (κ3) is 14.1. The molecule has 0 heterocycles. The van der Waals surface area contributed by atoms with Gasteiger partial charge in [-0.1, -0.05) is 100 Å². The van der Waals surface area contributed by atoms with Gasteiger partial charge in [0.25, 0.3) is 0 Å². The van der Waals surface area contributed by atoms with E-state index in [9.17, 15) is 4.79 Å². The van der Waals surface area contributed by atoms with E-state index in [2.05, 4.69) is 65.8 Å². The van der Waals surface area contributed by atoms with Gasteiger partial charge < -0.3 is 4.74 Å². The molecule has 29 heavy (non-hydrogen) atoms. The number of rotatable bonds is 13. The Morgan fingerprint density at radius 1 is 0.862 bits per heavy atom. The van der Waals surface area contributed by atoms with Gasteiger partial charge in [0, 0.05) is 17.9 Å². The van der Waals surface area contributed by atoms with Crippen LogP contribution in [0.2, 0.25) is 0 Å². The molecule has 0 aliphatic carbocycles. The van der Waals surface area contributed by atoms with Crippen molar-refractivity contribution in [2.45, 2.75) is 91.9 Å². The van der Waals surface area contributed by atoms with Gasteiger partial charge in [-0.2, -0.15) is 0 Å². The summed E-state index contributed by atoms with van der Waals surface area (Å²) in [5.74, 6) is 2.34. The Bertz CT molecular complexity index is 568. The zero-order chi connectivity index (χ0) is 21.8. The molecular weight excluding hydrogens is 396 g/mol. The summed E-state index contributed by atoms with van der Waals surface area (Å²) in [6.07, 6.45) is 7.18. The van der Waals surface area contributed by atoms with Crippen LogP contribution in [-0.4, -0.2) is 24.1 Å². The lowest BCUT2D eigenvalue weighted by molar-refractivity contribution is -0.144. The first kappa shape index (κ1) is 26.4. The van der Waals surface area contributed by atoms with Gasteiger partial charge in [0.15, 0.2) is 0 Å². The van der Waals surface area contributed by atoms with Gasteiger partial charge in [-0.15, -0.1) is 0 Å². The molecule has 0 aromatic heterocycles. The van der Waals surface area contributed by atoms with Crippen LogP contribution in [0, 0.1) is 5.41 Å². The fourth-order valence-electron chi connectivity index (χ4n) is 2.80. The molecule has 0 radical (unpaired) electrons. The van der Waals surface area contributed by atoms with Gasteiger partial charge in [-0.05, 0) is 47.6 Å². The van der Waals surface area contributed by atoms with Crippen LogP contribution >= 0.6 is 21.6 Å². The molecule has 0 unspecified atom stereocenters. The molecule has 0 N–H and O–H groups in total. The average molecular weight is 439 g/mol. The minimum Gasteiger partial charge on any atom is -0.466 e. The van der Waals surface area contributed by atoms with Gasteiger partial charge in [0.1, 0.15) is 0 Å². The molecule has 0 atom stereocenters. The Kier molecular flexibility index (Phi) is 12.4.